The Bertz CT molecular complexity index is 1130. The number of aromatic nitrogens is 6. The number of hydrogen-bond donors (Lipinski definition) is 0. The van der Waals surface area contributed by atoms with E-state index in [2.05, 4.69) is 25.8 Å². The second-order valence-corrected chi connectivity index (χ2v) is 6.79. The van der Waals surface area contributed by atoms with Crippen LogP contribution in [0.5, 0.6) is 0 Å². The largest absolute Gasteiger partial charge is 0.389 e. The number of hydrogen-bond acceptors (Lipinski definition) is 6. The fraction of sp³-hybridized carbons (Fsp3) is 0.150. The molecule has 0 fully saturated rings. The lowest BCUT2D eigenvalue weighted by atomic mass is 10.2. The van der Waals surface area contributed by atoms with Crippen LogP contribution in [-0.2, 0) is 11.4 Å². The summed E-state index contributed by atoms with van der Waals surface area (Å²) in [6, 6.07) is 17.1. The smallest absolute Gasteiger partial charge is 0.162 e. The van der Waals surface area contributed by atoms with Gasteiger partial charge in [0.05, 0.1) is 23.3 Å². The van der Waals surface area contributed by atoms with Crippen LogP contribution in [0, 0.1) is 6.92 Å². The van der Waals surface area contributed by atoms with Crippen LogP contribution in [0.1, 0.15) is 24.0 Å². The number of benzene rings is 2. The average Bonchev–Trinajstić information content (AvgIpc) is 3.36. The summed E-state index contributed by atoms with van der Waals surface area (Å²) in [5.74, 6) is 0. The second-order valence-electron chi connectivity index (χ2n) is 6.35. The van der Waals surface area contributed by atoms with E-state index >= 15 is 0 Å². The summed E-state index contributed by atoms with van der Waals surface area (Å²) in [5, 5.41) is 21.5. The zero-order valence-electron chi connectivity index (χ0n) is 15.9. The van der Waals surface area contributed by atoms with E-state index in [4.69, 9.17) is 16.4 Å². The molecule has 0 saturated heterocycles. The number of halogens is 1. The quantitative estimate of drug-likeness (QED) is 0.359. The summed E-state index contributed by atoms with van der Waals surface area (Å²) in [7, 11) is 0. The molecule has 4 aromatic rings. The van der Waals surface area contributed by atoms with Gasteiger partial charge in [-0.1, -0.05) is 45.4 Å². The molecule has 0 amide bonds. The SMILES string of the molecule is CC(=NOCc1cn(-c2ccc(Cl)cc2)nn1)c1nnn(-c2ccccc2)c1C. The molecule has 29 heavy (non-hydrogen) atoms. The number of rotatable bonds is 6. The van der Waals surface area contributed by atoms with Gasteiger partial charge in [-0.15, -0.1) is 10.2 Å². The van der Waals surface area contributed by atoms with Gasteiger partial charge in [0.15, 0.2) is 6.61 Å². The third-order valence-electron chi connectivity index (χ3n) is 4.28. The molecule has 0 aliphatic rings. The highest BCUT2D eigenvalue weighted by Crippen LogP contribution is 2.14. The van der Waals surface area contributed by atoms with E-state index < -0.39 is 0 Å². The van der Waals surface area contributed by atoms with Gasteiger partial charge in [-0.25, -0.2) is 9.36 Å². The molecule has 0 spiro atoms. The summed E-state index contributed by atoms with van der Waals surface area (Å²) in [6.07, 6.45) is 1.78. The normalized spacial score (nSPS) is 11.6. The number of oxime groups is 1. The maximum atomic E-state index is 5.91. The van der Waals surface area contributed by atoms with Gasteiger partial charge in [-0.05, 0) is 50.2 Å². The number of nitrogens with zero attached hydrogens (tertiary/aromatic N) is 7. The van der Waals surface area contributed by atoms with E-state index in [-0.39, 0.29) is 6.61 Å². The van der Waals surface area contributed by atoms with Gasteiger partial charge in [0.1, 0.15) is 17.1 Å². The predicted molar refractivity (Wildman–Crippen MR) is 109 cm³/mol. The van der Waals surface area contributed by atoms with Crippen molar-refractivity contribution in [3.05, 3.63) is 82.9 Å². The minimum Gasteiger partial charge on any atom is -0.389 e. The minimum absolute atomic E-state index is 0.191. The Morgan fingerprint density at radius 2 is 1.76 bits per heavy atom. The first-order chi connectivity index (χ1) is 14.1. The van der Waals surface area contributed by atoms with Crippen LogP contribution < -0.4 is 0 Å². The van der Waals surface area contributed by atoms with Crippen molar-refractivity contribution < 1.29 is 4.84 Å². The third kappa shape index (κ3) is 4.17. The fourth-order valence-corrected chi connectivity index (χ4v) is 2.93. The molecule has 0 aliphatic heterocycles. The van der Waals surface area contributed by atoms with Crippen molar-refractivity contribution in [3.8, 4) is 11.4 Å². The van der Waals surface area contributed by atoms with Gasteiger partial charge in [0.2, 0.25) is 0 Å². The molecule has 146 valence electrons. The Labute approximate surface area is 172 Å². The van der Waals surface area contributed by atoms with E-state index in [0.717, 1.165) is 17.1 Å². The van der Waals surface area contributed by atoms with Crippen LogP contribution >= 0.6 is 11.6 Å². The average molecular weight is 408 g/mol. The monoisotopic (exact) mass is 407 g/mol. The molecule has 0 unspecified atom stereocenters. The highest BCUT2D eigenvalue weighted by molar-refractivity contribution is 6.30. The molecule has 0 N–H and O–H groups in total. The first kappa shape index (κ1) is 18.8. The van der Waals surface area contributed by atoms with E-state index in [1.165, 1.54) is 0 Å². The first-order valence-electron chi connectivity index (χ1n) is 8.93. The Balaban J connectivity index is 1.43. The first-order valence-corrected chi connectivity index (χ1v) is 9.31. The molecule has 2 aromatic carbocycles. The Kier molecular flexibility index (Phi) is 5.35. The van der Waals surface area contributed by atoms with Crippen molar-refractivity contribution in [3.63, 3.8) is 0 Å². The third-order valence-corrected chi connectivity index (χ3v) is 4.54. The van der Waals surface area contributed by atoms with E-state index in [0.29, 0.717) is 22.1 Å². The molecule has 2 aromatic heterocycles. The van der Waals surface area contributed by atoms with Gasteiger partial charge in [0, 0.05) is 5.02 Å². The maximum absolute atomic E-state index is 5.91. The van der Waals surface area contributed by atoms with Crippen molar-refractivity contribution >= 4 is 17.3 Å². The van der Waals surface area contributed by atoms with Crippen molar-refractivity contribution in [2.45, 2.75) is 20.5 Å². The standard InChI is InChI=1S/C20H18ClN7O/c1-14(20-15(2)28(26-23-20)19-6-4-3-5-7-19)24-29-13-17-12-27(25-22-17)18-10-8-16(21)9-11-18/h3-12H,13H2,1-2H3. The molecule has 4 rings (SSSR count). The summed E-state index contributed by atoms with van der Waals surface area (Å²) in [6.45, 7) is 3.97. The summed E-state index contributed by atoms with van der Waals surface area (Å²) >= 11 is 5.91. The second kappa shape index (κ2) is 8.24. The summed E-state index contributed by atoms with van der Waals surface area (Å²) < 4.78 is 3.42. The molecule has 9 heteroatoms. The van der Waals surface area contributed by atoms with E-state index in [1.54, 1.807) is 27.7 Å². The molecule has 0 aliphatic carbocycles. The minimum atomic E-state index is 0.191. The van der Waals surface area contributed by atoms with Crippen LogP contribution in [0.4, 0.5) is 0 Å². The lowest BCUT2D eigenvalue weighted by molar-refractivity contribution is 0.127. The fourth-order valence-electron chi connectivity index (χ4n) is 2.80. The molecule has 0 saturated carbocycles. The zero-order chi connectivity index (χ0) is 20.2. The highest BCUT2D eigenvalue weighted by atomic mass is 35.5. The van der Waals surface area contributed by atoms with Crippen LogP contribution in [0.2, 0.25) is 5.02 Å². The van der Waals surface area contributed by atoms with E-state index in [9.17, 15) is 0 Å². The van der Waals surface area contributed by atoms with Gasteiger partial charge in [-0.2, -0.15) is 0 Å². The van der Waals surface area contributed by atoms with Crippen LogP contribution in [0.3, 0.4) is 0 Å². The van der Waals surface area contributed by atoms with Gasteiger partial charge >= 0.3 is 0 Å². The van der Waals surface area contributed by atoms with Gasteiger partial charge < -0.3 is 4.84 Å². The highest BCUT2D eigenvalue weighted by Gasteiger charge is 2.13. The van der Waals surface area contributed by atoms with Gasteiger partial charge in [-0.3, -0.25) is 0 Å². The molecular formula is C20H18ClN7O. The molecule has 0 radical (unpaired) electrons. The lowest BCUT2D eigenvalue weighted by Crippen LogP contribution is -2.02. The van der Waals surface area contributed by atoms with Crippen LogP contribution in [0.25, 0.3) is 11.4 Å². The number of para-hydroxylation sites is 1. The summed E-state index contributed by atoms with van der Waals surface area (Å²) in [5.41, 5.74) is 4.65. The molecule has 2 heterocycles. The van der Waals surface area contributed by atoms with Crippen molar-refractivity contribution in [1.29, 1.82) is 0 Å². The zero-order valence-corrected chi connectivity index (χ0v) is 16.7. The topological polar surface area (TPSA) is 83.0 Å². The molecular weight excluding hydrogens is 390 g/mol. The lowest BCUT2D eigenvalue weighted by Gasteiger charge is -2.03. The summed E-state index contributed by atoms with van der Waals surface area (Å²) in [4.78, 5) is 5.45. The maximum Gasteiger partial charge on any atom is 0.162 e. The van der Waals surface area contributed by atoms with Crippen LogP contribution in [-0.4, -0.2) is 35.7 Å². The molecule has 0 atom stereocenters. The van der Waals surface area contributed by atoms with E-state index in [1.807, 2.05) is 56.3 Å². The predicted octanol–water partition coefficient (Wildman–Crippen LogP) is 3.75. The Morgan fingerprint density at radius 1 is 1.00 bits per heavy atom. The van der Waals surface area contributed by atoms with Gasteiger partial charge in [0.25, 0.3) is 0 Å². The molecule has 8 nitrogen and oxygen atoms in total. The van der Waals surface area contributed by atoms with Crippen LogP contribution in [0.15, 0.2) is 65.9 Å². The molecule has 0 bridgehead atoms. The Morgan fingerprint density at radius 3 is 2.52 bits per heavy atom. The Hall–Kier alpha value is -3.52. The van der Waals surface area contributed by atoms with Crippen molar-refractivity contribution in [2.24, 2.45) is 5.16 Å². The van der Waals surface area contributed by atoms with Crippen molar-refractivity contribution in [1.82, 2.24) is 30.0 Å². The van der Waals surface area contributed by atoms with Crippen molar-refractivity contribution in [2.75, 3.05) is 0 Å².